The molecule has 128 valence electrons. The molecule has 0 saturated heterocycles. The van der Waals surface area contributed by atoms with Crippen molar-refractivity contribution < 1.29 is 14.3 Å². The van der Waals surface area contributed by atoms with Crippen LogP contribution in [0.5, 0.6) is 11.5 Å². The van der Waals surface area contributed by atoms with Crippen LogP contribution in [0.3, 0.4) is 0 Å². The lowest BCUT2D eigenvalue weighted by molar-refractivity contribution is 0.102. The van der Waals surface area contributed by atoms with E-state index in [1.165, 1.54) is 0 Å². The first kappa shape index (κ1) is 18.6. The summed E-state index contributed by atoms with van der Waals surface area (Å²) < 4.78 is 11.7. The molecular weight excluding hydrogens is 394 g/mol. The van der Waals surface area contributed by atoms with E-state index in [-0.39, 0.29) is 5.91 Å². The monoisotopic (exact) mass is 411 g/mol. The van der Waals surface area contributed by atoms with E-state index in [9.17, 15) is 4.79 Å². The number of nitrogens with one attached hydrogen (secondary N) is 1. The van der Waals surface area contributed by atoms with Crippen LogP contribution in [0.1, 0.15) is 29.3 Å². The maximum absolute atomic E-state index is 12.5. The number of aryl methyl sites for hydroxylation is 1. The number of hydrogen-bond donors (Lipinski definition) is 1. The van der Waals surface area contributed by atoms with E-state index in [1.54, 1.807) is 31.4 Å². The number of anilines is 1. The summed E-state index contributed by atoms with van der Waals surface area (Å²) in [7, 11) is 1.54. The SMILES string of the molecule is CCCOc1c(Br)cc(C(=O)Nc2ccc(C)cc2Cl)cc1OC. The van der Waals surface area contributed by atoms with E-state index in [2.05, 4.69) is 21.2 Å². The summed E-state index contributed by atoms with van der Waals surface area (Å²) in [4.78, 5) is 12.5. The molecule has 2 rings (SSSR count). The third-order valence-electron chi connectivity index (χ3n) is 3.31. The van der Waals surface area contributed by atoms with Crippen molar-refractivity contribution in [3.8, 4) is 11.5 Å². The summed E-state index contributed by atoms with van der Waals surface area (Å²) in [5.41, 5.74) is 2.03. The van der Waals surface area contributed by atoms with E-state index in [0.29, 0.717) is 38.9 Å². The predicted octanol–water partition coefficient (Wildman–Crippen LogP) is 5.46. The topological polar surface area (TPSA) is 47.6 Å². The first-order valence-corrected chi connectivity index (χ1v) is 8.71. The van der Waals surface area contributed by atoms with Crippen LogP contribution < -0.4 is 14.8 Å². The van der Waals surface area contributed by atoms with E-state index >= 15 is 0 Å². The average molecular weight is 413 g/mol. The molecule has 0 fully saturated rings. The van der Waals surface area contributed by atoms with Crippen LogP contribution in [-0.2, 0) is 0 Å². The molecule has 0 heterocycles. The van der Waals surface area contributed by atoms with Gasteiger partial charge in [0.25, 0.3) is 5.91 Å². The highest BCUT2D eigenvalue weighted by Gasteiger charge is 2.16. The quantitative estimate of drug-likeness (QED) is 0.685. The fourth-order valence-corrected chi connectivity index (χ4v) is 2.95. The number of ether oxygens (including phenoxy) is 2. The van der Waals surface area contributed by atoms with Crippen LogP contribution in [-0.4, -0.2) is 19.6 Å². The zero-order valence-corrected chi connectivity index (χ0v) is 16.1. The summed E-state index contributed by atoms with van der Waals surface area (Å²) in [6.07, 6.45) is 0.879. The molecule has 2 aromatic rings. The molecule has 0 bridgehead atoms. The van der Waals surface area contributed by atoms with E-state index < -0.39 is 0 Å². The molecule has 1 N–H and O–H groups in total. The fraction of sp³-hybridized carbons (Fsp3) is 0.278. The predicted molar refractivity (Wildman–Crippen MR) is 101 cm³/mol. The van der Waals surface area contributed by atoms with Gasteiger partial charge in [-0.2, -0.15) is 0 Å². The van der Waals surface area contributed by atoms with Crippen LogP contribution in [0, 0.1) is 6.92 Å². The number of carbonyl (C=O) groups excluding carboxylic acids is 1. The Morgan fingerprint density at radius 2 is 2.04 bits per heavy atom. The molecule has 0 unspecified atom stereocenters. The molecule has 24 heavy (non-hydrogen) atoms. The lowest BCUT2D eigenvalue weighted by Crippen LogP contribution is -2.13. The summed E-state index contributed by atoms with van der Waals surface area (Å²) >= 11 is 9.60. The maximum Gasteiger partial charge on any atom is 0.255 e. The van der Waals surface area contributed by atoms with E-state index in [0.717, 1.165) is 12.0 Å². The second-order valence-corrected chi connectivity index (χ2v) is 6.54. The number of hydrogen-bond acceptors (Lipinski definition) is 3. The van der Waals surface area contributed by atoms with Crippen molar-refractivity contribution in [2.24, 2.45) is 0 Å². The highest BCUT2D eigenvalue weighted by atomic mass is 79.9. The summed E-state index contributed by atoms with van der Waals surface area (Å²) in [5.74, 6) is 0.809. The second-order valence-electron chi connectivity index (χ2n) is 5.28. The molecule has 0 radical (unpaired) electrons. The lowest BCUT2D eigenvalue weighted by atomic mass is 10.1. The van der Waals surface area contributed by atoms with Gasteiger partial charge in [0.2, 0.25) is 0 Å². The number of methoxy groups -OCH3 is 1. The van der Waals surface area contributed by atoms with Gasteiger partial charge in [0, 0.05) is 5.56 Å². The van der Waals surface area contributed by atoms with Crippen LogP contribution in [0.15, 0.2) is 34.8 Å². The fourth-order valence-electron chi connectivity index (χ4n) is 2.11. The van der Waals surface area contributed by atoms with Gasteiger partial charge in [-0.15, -0.1) is 0 Å². The van der Waals surface area contributed by atoms with Crippen molar-refractivity contribution >= 4 is 39.1 Å². The highest BCUT2D eigenvalue weighted by Crippen LogP contribution is 2.37. The zero-order chi connectivity index (χ0) is 17.7. The van der Waals surface area contributed by atoms with Gasteiger partial charge in [0.1, 0.15) is 0 Å². The van der Waals surface area contributed by atoms with Crippen molar-refractivity contribution in [3.05, 3.63) is 51.0 Å². The Hall–Kier alpha value is -1.72. The summed E-state index contributed by atoms with van der Waals surface area (Å²) in [5, 5.41) is 3.30. The van der Waals surface area contributed by atoms with Gasteiger partial charge < -0.3 is 14.8 Å². The highest BCUT2D eigenvalue weighted by molar-refractivity contribution is 9.10. The van der Waals surface area contributed by atoms with Crippen molar-refractivity contribution in [2.75, 3.05) is 19.0 Å². The zero-order valence-electron chi connectivity index (χ0n) is 13.8. The van der Waals surface area contributed by atoms with E-state index in [1.807, 2.05) is 19.9 Å². The second kappa shape index (κ2) is 8.40. The molecule has 0 aliphatic carbocycles. The van der Waals surface area contributed by atoms with Crippen LogP contribution >= 0.6 is 27.5 Å². The third kappa shape index (κ3) is 4.42. The van der Waals surface area contributed by atoms with Crippen LogP contribution in [0.2, 0.25) is 5.02 Å². The number of rotatable bonds is 6. The van der Waals surface area contributed by atoms with Gasteiger partial charge in [0.05, 0.1) is 28.9 Å². The Balaban J connectivity index is 2.27. The molecule has 4 nitrogen and oxygen atoms in total. The minimum absolute atomic E-state index is 0.276. The molecule has 0 aliphatic rings. The number of benzene rings is 2. The molecule has 6 heteroatoms. The van der Waals surface area contributed by atoms with Gasteiger partial charge in [-0.05, 0) is 59.1 Å². The molecule has 0 atom stereocenters. The molecule has 0 aromatic heterocycles. The van der Waals surface area contributed by atoms with Crippen LogP contribution in [0.25, 0.3) is 0 Å². The first-order chi connectivity index (χ1) is 11.5. The van der Waals surface area contributed by atoms with Crippen molar-refractivity contribution in [3.63, 3.8) is 0 Å². The first-order valence-electron chi connectivity index (χ1n) is 7.54. The minimum atomic E-state index is -0.276. The largest absolute Gasteiger partial charge is 0.493 e. The number of halogens is 2. The Labute approximate surface area is 155 Å². The maximum atomic E-state index is 12.5. The Morgan fingerprint density at radius 1 is 1.29 bits per heavy atom. The standard InChI is InChI=1S/C18H19BrClNO3/c1-4-7-24-17-13(19)9-12(10-16(17)23-3)18(22)21-15-6-5-11(2)8-14(15)20/h5-6,8-10H,4,7H2,1-3H3,(H,21,22). The number of amides is 1. The lowest BCUT2D eigenvalue weighted by Gasteiger charge is -2.14. The smallest absolute Gasteiger partial charge is 0.255 e. The van der Waals surface area contributed by atoms with Crippen molar-refractivity contribution in [1.29, 1.82) is 0 Å². The Morgan fingerprint density at radius 3 is 2.67 bits per heavy atom. The third-order valence-corrected chi connectivity index (χ3v) is 4.22. The summed E-state index contributed by atoms with van der Waals surface area (Å²) in [6.45, 7) is 4.53. The summed E-state index contributed by atoms with van der Waals surface area (Å²) in [6, 6.07) is 8.81. The average Bonchev–Trinajstić information content (AvgIpc) is 2.55. The van der Waals surface area contributed by atoms with E-state index in [4.69, 9.17) is 21.1 Å². The minimum Gasteiger partial charge on any atom is -0.493 e. The van der Waals surface area contributed by atoms with Gasteiger partial charge in [0.15, 0.2) is 11.5 Å². The van der Waals surface area contributed by atoms with Gasteiger partial charge in [-0.3, -0.25) is 4.79 Å². The van der Waals surface area contributed by atoms with Gasteiger partial charge >= 0.3 is 0 Å². The Kier molecular flexibility index (Phi) is 6.52. The van der Waals surface area contributed by atoms with Gasteiger partial charge in [-0.1, -0.05) is 24.6 Å². The Bertz CT molecular complexity index is 749. The molecule has 0 aliphatic heterocycles. The van der Waals surface area contributed by atoms with Crippen molar-refractivity contribution in [1.82, 2.24) is 0 Å². The normalized spacial score (nSPS) is 10.4. The van der Waals surface area contributed by atoms with Crippen molar-refractivity contribution in [2.45, 2.75) is 20.3 Å². The molecule has 2 aromatic carbocycles. The molecule has 0 spiro atoms. The number of carbonyl (C=O) groups is 1. The van der Waals surface area contributed by atoms with Crippen LogP contribution in [0.4, 0.5) is 5.69 Å². The molecule has 0 saturated carbocycles. The van der Waals surface area contributed by atoms with Gasteiger partial charge in [-0.25, -0.2) is 0 Å². The molecule has 1 amide bonds. The molecular formula is C18H19BrClNO3.